The smallest absolute Gasteiger partial charge is 0.127 e. The van der Waals surface area contributed by atoms with E-state index in [1.807, 2.05) is 18.2 Å². The predicted molar refractivity (Wildman–Crippen MR) is 60.7 cm³/mol. The predicted octanol–water partition coefficient (Wildman–Crippen LogP) is 3.42. The van der Waals surface area contributed by atoms with Crippen molar-refractivity contribution < 1.29 is 0 Å². The Labute approximate surface area is 89.0 Å². The Morgan fingerprint density at radius 3 is 2.79 bits per heavy atom. The standard InChI is InChI=1S/C10H6N2S2/c1-2-4-7(5-3-1)8-6-13-10-9(8)14-12-11-10/h1-6H. The minimum Gasteiger partial charge on any atom is -0.127 e. The van der Waals surface area contributed by atoms with Crippen molar-refractivity contribution in [2.24, 2.45) is 0 Å². The molecule has 0 spiro atoms. The van der Waals surface area contributed by atoms with Crippen LogP contribution in [0.15, 0.2) is 35.7 Å². The van der Waals surface area contributed by atoms with Crippen molar-refractivity contribution in [3.8, 4) is 11.1 Å². The number of benzene rings is 1. The summed E-state index contributed by atoms with van der Waals surface area (Å²) in [6, 6.07) is 10.3. The zero-order valence-electron chi connectivity index (χ0n) is 7.18. The summed E-state index contributed by atoms with van der Waals surface area (Å²) in [6.07, 6.45) is 0. The first-order chi connectivity index (χ1) is 6.95. The first-order valence-electron chi connectivity index (χ1n) is 4.20. The van der Waals surface area contributed by atoms with Crippen LogP contribution in [0, 0.1) is 0 Å². The minimum atomic E-state index is 1.04. The van der Waals surface area contributed by atoms with Gasteiger partial charge in [0.05, 0.1) is 4.70 Å². The van der Waals surface area contributed by atoms with Gasteiger partial charge in [-0.15, -0.1) is 16.4 Å². The molecule has 0 aliphatic heterocycles. The van der Waals surface area contributed by atoms with Gasteiger partial charge in [0.2, 0.25) is 0 Å². The fraction of sp³-hybridized carbons (Fsp3) is 0. The summed E-state index contributed by atoms with van der Waals surface area (Å²) in [5, 5.41) is 6.20. The van der Waals surface area contributed by atoms with Gasteiger partial charge in [0, 0.05) is 10.9 Å². The van der Waals surface area contributed by atoms with Crippen LogP contribution in [0.5, 0.6) is 0 Å². The summed E-state index contributed by atoms with van der Waals surface area (Å²) in [5.41, 5.74) is 2.49. The van der Waals surface area contributed by atoms with Gasteiger partial charge in [-0.25, -0.2) is 0 Å². The molecule has 3 aromatic rings. The molecule has 0 radical (unpaired) electrons. The Morgan fingerprint density at radius 2 is 1.93 bits per heavy atom. The van der Waals surface area contributed by atoms with Crippen molar-refractivity contribution in [3.05, 3.63) is 35.7 Å². The highest BCUT2D eigenvalue weighted by Gasteiger charge is 2.08. The molecule has 4 heteroatoms. The molecular weight excluding hydrogens is 212 g/mol. The third-order valence-corrected chi connectivity index (χ3v) is 3.83. The number of nitrogens with zero attached hydrogens (tertiary/aromatic N) is 2. The normalized spacial score (nSPS) is 10.9. The summed E-state index contributed by atoms with van der Waals surface area (Å²) in [7, 11) is 0. The van der Waals surface area contributed by atoms with Gasteiger partial charge in [0.25, 0.3) is 0 Å². The molecule has 0 saturated heterocycles. The van der Waals surface area contributed by atoms with Crippen LogP contribution in [0.4, 0.5) is 0 Å². The van der Waals surface area contributed by atoms with Crippen molar-refractivity contribution in [3.63, 3.8) is 0 Å². The zero-order chi connectivity index (χ0) is 9.38. The van der Waals surface area contributed by atoms with E-state index in [0.29, 0.717) is 0 Å². The van der Waals surface area contributed by atoms with E-state index in [-0.39, 0.29) is 0 Å². The minimum absolute atomic E-state index is 1.04. The number of hydrogen-bond acceptors (Lipinski definition) is 4. The fourth-order valence-electron chi connectivity index (χ4n) is 1.41. The molecule has 0 saturated carbocycles. The highest BCUT2D eigenvalue weighted by Crippen LogP contribution is 2.34. The van der Waals surface area contributed by atoms with E-state index in [1.165, 1.54) is 27.4 Å². The third-order valence-electron chi connectivity index (χ3n) is 2.08. The second-order valence-electron chi connectivity index (χ2n) is 2.92. The van der Waals surface area contributed by atoms with Crippen molar-refractivity contribution >= 4 is 32.4 Å². The lowest BCUT2D eigenvalue weighted by Crippen LogP contribution is -1.70. The monoisotopic (exact) mass is 218 g/mol. The van der Waals surface area contributed by atoms with Gasteiger partial charge in [-0.1, -0.05) is 34.8 Å². The quantitative estimate of drug-likeness (QED) is 0.625. The Hall–Kier alpha value is -1.26. The van der Waals surface area contributed by atoms with Crippen molar-refractivity contribution in [2.75, 3.05) is 0 Å². The maximum atomic E-state index is 4.05. The van der Waals surface area contributed by atoms with E-state index >= 15 is 0 Å². The lowest BCUT2D eigenvalue weighted by molar-refractivity contribution is 1.21. The number of rotatable bonds is 1. The van der Waals surface area contributed by atoms with Crippen LogP contribution in [0.1, 0.15) is 0 Å². The topological polar surface area (TPSA) is 25.8 Å². The average Bonchev–Trinajstić information content (AvgIpc) is 2.79. The molecule has 1 aromatic carbocycles. The van der Waals surface area contributed by atoms with Crippen molar-refractivity contribution in [2.45, 2.75) is 0 Å². The first-order valence-corrected chi connectivity index (χ1v) is 5.85. The van der Waals surface area contributed by atoms with Gasteiger partial charge in [-0.2, -0.15) is 0 Å². The van der Waals surface area contributed by atoms with Crippen LogP contribution in [0.25, 0.3) is 20.7 Å². The summed E-state index contributed by atoms with van der Waals surface area (Å²) in [5.74, 6) is 0. The van der Waals surface area contributed by atoms with Gasteiger partial charge in [0.15, 0.2) is 4.83 Å². The van der Waals surface area contributed by atoms with E-state index in [1.54, 1.807) is 11.3 Å². The number of fused-ring (bicyclic) bond motifs is 1. The summed E-state index contributed by atoms with van der Waals surface area (Å²) < 4.78 is 5.15. The van der Waals surface area contributed by atoms with Gasteiger partial charge in [0.1, 0.15) is 0 Å². The maximum absolute atomic E-state index is 4.05. The lowest BCUT2D eigenvalue weighted by Gasteiger charge is -1.94. The Kier molecular flexibility index (Phi) is 1.82. The molecule has 0 atom stereocenters. The molecule has 0 fully saturated rings. The SMILES string of the molecule is c1ccc(-c2csc3nnsc23)cc1. The lowest BCUT2D eigenvalue weighted by atomic mass is 10.1. The van der Waals surface area contributed by atoms with Crippen molar-refractivity contribution in [1.82, 2.24) is 9.59 Å². The highest BCUT2D eigenvalue weighted by atomic mass is 32.1. The Balaban J connectivity index is 2.28. The third kappa shape index (κ3) is 1.15. The van der Waals surface area contributed by atoms with E-state index in [9.17, 15) is 0 Å². The van der Waals surface area contributed by atoms with E-state index in [4.69, 9.17) is 0 Å². The van der Waals surface area contributed by atoms with Gasteiger partial charge >= 0.3 is 0 Å². The fourth-order valence-corrected chi connectivity index (χ4v) is 3.18. The maximum Gasteiger partial charge on any atom is 0.159 e. The van der Waals surface area contributed by atoms with E-state index in [2.05, 4.69) is 27.1 Å². The molecule has 0 N–H and O–H groups in total. The Bertz CT molecular complexity index is 554. The van der Waals surface area contributed by atoms with Gasteiger partial charge in [-0.3, -0.25) is 0 Å². The molecule has 14 heavy (non-hydrogen) atoms. The van der Waals surface area contributed by atoms with Crippen LogP contribution in [-0.2, 0) is 0 Å². The highest BCUT2D eigenvalue weighted by molar-refractivity contribution is 7.24. The van der Waals surface area contributed by atoms with Crippen LogP contribution in [0.3, 0.4) is 0 Å². The molecule has 68 valence electrons. The molecular formula is C10H6N2S2. The number of thiophene rings is 1. The van der Waals surface area contributed by atoms with Crippen LogP contribution in [-0.4, -0.2) is 9.59 Å². The molecule has 0 aliphatic rings. The number of aromatic nitrogens is 2. The van der Waals surface area contributed by atoms with Crippen molar-refractivity contribution in [1.29, 1.82) is 0 Å². The molecule has 0 amide bonds. The molecule has 0 unspecified atom stereocenters. The zero-order valence-corrected chi connectivity index (χ0v) is 8.81. The summed E-state index contributed by atoms with van der Waals surface area (Å²) in [6.45, 7) is 0. The second-order valence-corrected chi connectivity index (χ2v) is 4.53. The summed E-state index contributed by atoms with van der Waals surface area (Å²) >= 11 is 3.12. The van der Waals surface area contributed by atoms with E-state index in [0.717, 1.165) is 4.83 Å². The van der Waals surface area contributed by atoms with Crippen LogP contribution < -0.4 is 0 Å². The molecule has 2 aromatic heterocycles. The largest absolute Gasteiger partial charge is 0.159 e. The van der Waals surface area contributed by atoms with Crippen LogP contribution in [0.2, 0.25) is 0 Å². The van der Waals surface area contributed by atoms with Crippen LogP contribution >= 0.6 is 22.9 Å². The molecule has 0 aliphatic carbocycles. The van der Waals surface area contributed by atoms with Gasteiger partial charge < -0.3 is 0 Å². The molecule has 0 bridgehead atoms. The molecule has 2 nitrogen and oxygen atoms in total. The van der Waals surface area contributed by atoms with Gasteiger partial charge in [-0.05, 0) is 17.1 Å². The second kappa shape index (κ2) is 3.15. The average molecular weight is 218 g/mol. The molecule has 3 rings (SSSR count). The Morgan fingerprint density at radius 1 is 1.07 bits per heavy atom. The number of hydrogen-bond donors (Lipinski definition) is 0. The first kappa shape index (κ1) is 8.08. The summed E-state index contributed by atoms with van der Waals surface area (Å²) in [4.78, 5) is 1.04. The molecule has 2 heterocycles. The van der Waals surface area contributed by atoms with E-state index < -0.39 is 0 Å².